The summed E-state index contributed by atoms with van der Waals surface area (Å²) in [7, 11) is 0. The molecule has 0 unspecified atom stereocenters. The minimum atomic E-state index is -0.121. The summed E-state index contributed by atoms with van der Waals surface area (Å²) >= 11 is 0. The second kappa shape index (κ2) is 11.3. The van der Waals surface area contributed by atoms with Gasteiger partial charge in [0.1, 0.15) is 0 Å². The number of benzene rings is 3. The fraction of sp³-hybridized carbons (Fsp3) is 0.290. The summed E-state index contributed by atoms with van der Waals surface area (Å²) in [6.07, 6.45) is 1.59. The van der Waals surface area contributed by atoms with Crippen LogP contribution in [0.5, 0.6) is 11.5 Å². The van der Waals surface area contributed by atoms with E-state index in [0.717, 1.165) is 52.2 Å². The fourth-order valence-corrected chi connectivity index (χ4v) is 5.34. The summed E-state index contributed by atoms with van der Waals surface area (Å²) in [4.78, 5) is 18.6. The second-order valence-corrected chi connectivity index (χ2v) is 10.2. The molecular formula is C31H32N6O3. The van der Waals surface area contributed by atoms with E-state index in [2.05, 4.69) is 50.5 Å². The monoisotopic (exact) mass is 536 g/mol. The average Bonchev–Trinajstić information content (AvgIpc) is 3.63. The van der Waals surface area contributed by atoms with Gasteiger partial charge in [0.25, 0.3) is 5.56 Å². The van der Waals surface area contributed by atoms with E-state index in [0.29, 0.717) is 25.2 Å². The van der Waals surface area contributed by atoms with Crippen LogP contribution in [0.3, 0.4) is 0 Å². The Morgan fingerprint density at radius 1 is 0.975 bits per heavy atom. The highest BCUT2D eigenvalue weighted by Gasteiger charge is 2.27. The van der Waals surface area contributed by atoms with Gasteiger partial charge in [-0.15, -0.1) is 5.10 Å². The molecule has 0 aliphatic carbocycles. The molecule has 0 fully saturated rings. The average molecular weight is 537 g/mol. The first kappa shape index (κ1) is 25.8. The highest BCUT2D eigenvalue weighted by Crippen LogP contribution is 2.34. The van der Waals surface area contributed by atoms with Crippen molar-refractivity contribution in [3.63, 3.8) is 0 Å². The molecule has 3 heterocycles. The molecule has 0 saturated heterocycles. The van der Waals surface area contributed by atoms with E-state index in [-0.39, 0.29) is 18.4 Å². The van der Waals surface area contributed by atoms with Gasteiger partial charge in [0.05, 0.1) is 6.04 Å². The maximum Gasteiger partial charge on any atom is 0.252 e. The number of nitrogens with one attached hydrogen (secondary N) is 1. The van der Waals surface area contributed by atoms with Crippen molar-refractivity contribution in [2.45, 2.75) is 52.4 Å². The van der Waals surface area contributed by atoms with E-state index in [1.165, 1.54) is 5.56 Å². The molecule has 0 saturated carbocycles. The molecule has 1 aliphatic heterocycles. The third-order valence-electron chi connectivity index (χ3n) is 7.41. The number of aromatic nitrogens is 5. The number of tetrazole rings is 1. The van der Waals surface area contributed by atoms with E-state index in [9.17, 15) is 4.79 Å². The van der Waals surface area contributed by atoms with E-state index in [1.807, 2.05) is 66.2 Å². The van der Waals surface area contributed by atoms with Crippen LogP contribution in [0, 0.1) is 6.92 Å². The molecule has 1 atom stereocenters. The molecule has 0 spiro atoms. The topological polar surface area (TPSA) is 98.2 Å². The Bertz CT molecular complexity index is 1680. The van der Waals surface area contributed by atoms with E-state index >= 15 is 0 Å². The Morgan fingerprint density at radius 3 is 2.67 bits per heavy atom. The predicted octanol–water partition coefficient (Wildman–Crippen LogP) is 4.95. The van der Waals surface area contributed by atoms with E-state index in [1.54, 1.807) is 0 Å². The van der Waals surface area contributed by atoms with Crippen molar-refractivity contribution in [2.75, 3.05) is 6.79 Å². The van der Waals surface area contributed by atoms with Gasteiger partial charge < -0.3 is 14.5 Å². The molecule has 5 aromatic rings. The summed E-state index contributed by atoms with van der Waals surface area (Å²) in [5.41, 5.74) is 4.83. The molecule has 2 aromatic heterocycles. The van der Waals surface area contributed by atoms with Crippen LogP contribution in [0.1, 0.15) is 47.5 Å². The minimum Gasteiger partial charge on any atom is -0.454 e. The Kier molecular flexibility index (Phi) is 7.29. The van der Waals surface area contributed by atoms with Crippen molar-refractivity contribution in [3.05, 3.63) is 111 Å². The Balaban J connectivity index is 1.34. The van der Waals surface area contributed by atoms with Crippen molar-refractivity contribution >= 4 is 10.9 Å². The van der Waals surface area contributed by atoms with Gasteiger partial charge in [0.2, 0.25) is 6.79 Å². The van der Waals surface area contributed by atoms with Crippen LogP contribution in [-0.4, -0.2) is 36.9 Å². The Labute approximate surface area is 232 Å². The fourth-order valence-electron chi connectivity index (χ4n) is 5.34. The van der Waals surface area contributed by atoms with Gasteiger partial charge in [-0.2, -0.15) is 0 Å². The zero-order valence-corrected chi connectivity index (χ0v) is 22.7. The van der Waals surface area contributed by atoms with Crippen LogP contribution in [0.25, 0.3) is 10.9 Å². The van der Waals surface area contributed by atoms with Crippen LogP contribution in [0.15, 0.2) is 77.6 Å². The molecule has 1 N–H and O–H groups in total. The number of aryl methyl sites for hydroxylation is 3. The molecule has 6 rings (SSSR count). The quantitative estimate of drug-likeness (QED) is 0.270. The van der Waals surface area contributed by atoms with Gasteiger partial charge in [-0.3, -0.25) is 9.69 Å². The Morgan fingerprint density at radius 2 is 1.82 bits per heavy atom. The van der Waals surface area contributed by atoms with Crippen molar-refractivity contribution in [2.24, 2.45) is 0 Å². The SMILES string of the molecule is CC[C@@H](c1nnnn1CCc1ccccc1)N(Cc1ccc2c(c1)OCO2)Cc1cc2ccc(C)cc2[nH]c1=O. The van der Waals surface area contributed by atoms with Crippen molar-refractivity contribution < 1.29 is 9.47 Å². The number of aromatic amines is 1. The Hall–Kier alpha value is -4.50. The summed E-state index contributed by atoms with van der Waals surface area (Å²) in [5, 5.41) is 13.9. The number of ether oxygens (including phenoxy) is 2. The summed E-state index contributed by atoms with van der Waals surface area (Å²) in [6, 6.07) is 24.3. The van der Waals surface area contributed by atoms with Crippen molar-refractivity contribution in [1.29, 1.82) is 0 Å². The molecule has 9 nitrogen and oxygen atoms in total. The van der Waals surface area contributed by atoms with E-state index < -0.39 is 0 Å². The number of H-pyrrole nitrogens is 1. The summed E-state index contributed by atoms with van der Waals surface area (Å²) in [6.45, 7) is 6.04. The number of nitrogens with zero attached hydrogens (tertiary/aromatic N) is 5. The van der Waals surface area contributed by atoms with Gasteiger partial charge >= 0.3 is 0 Å². The first-order chi connectivity index (χ1) is 19.6. The summed E-state index contributed by atoms with van der Waals surface area (Å²) < 4.78 is 13.0. The van der Waals surface area contributed by atoms with Crippen LogP contribution in [0.2, 0.25) is 0 Å². The molecule has 0 bridgehead atoms. The molecule has 204 valence electrons. The number of fused-ring (bicyclic) bond motifs is 2. The smallest absolute Gasteiger partial charge is 0.252 e. The minimum absolute atomic E-state index is 0.0905. The third kappa shape index (κ3) is 5.46. The number of hydrogen-bond donors (Lipinski definition) is 1. The predicted molar refractivity (Wildman–Crippen MR) is 152 cm³/mol. The number of rotatable bonds is 10. The largest absolute Gasteiger partial charge is 0.454 e. The van der Waals surface area contributed by atoms with Crippen molar-refractivity contribution in [1.82, 2.24) is 30.1 Å². The van der Waals surface area contributed by atoms with Gasteiger partial charge in [0.15, 0.2) is 17.3 Å². The highest BCUT2D eigenvalue weighted by molar-refractivity contribution is 5.79. The molecule has 3 aromatic carbocycles. The summed E-state index contributed by atoms with van der Waals surface area (Å²) in [5.74, 6) is 2.26. The molecule has 0 radical (unpaired) electrons. The van der Waals surface area contributed by atoms with Crippen LogP contribution >= 0.6 is 0 Å². The molecule has 9 heteroatoms. The third-order valence-corrected chi connectivity index (χ3v) is 7.41. The van der Waals surface area contributed by atoms with Crippen LogP contribution in [-0.2, 0) is 26.1 Å². The number of hydrogen-bond acceptors (Lipinski definition) is 7. The molecular weight excluding hydrogens is 504 g/mol. The lowest BCUT2D eigenvalue weighted by Gasteiger charge is -2.30. The lowest BCUT2D eigenvalue weighted by Crippen LogP contribution is -2.32. The van der Waals surface area contributed by atoms with Gasteiger partial charge in [-0.05, 0) is 76.5 Å². The molecule has 0 amide bonds. The van der Waals surface area contributed by atoms with Gasteiger partial charge in [-0.1, -0.05) is 55.5 Å². The highest BCUT2D eigenvalue weighted by atomic mass is 16.7. The first-order valence-corrected chi connectivity index (χ1v) is 13.6. The lowest BCUT2D eigenvalue weighted by molar-refractivity contribution is 0.160. The number of pyridine rings is 1. The maximum atomic E-state index is 13.2. The van der Waals surface area contributed by atoms with Gasteiger partial charge in [0, 0.05) is 30.7 Å². The van der Waals surface area contributed by atoms with Crippen LogP contribution < -0.4 is 15.0 Å². The first-order valence-electron chi connectivity index (χ1n) is 13.6. The molecule has 40 heavy (non-hydrogen) atoms. The van der Waals surface area contributed by atoms with Gasteiger partial charge in [-0.25, -0.2) is 4.68 Å². The normalized spacial score (nSPS) is 13.3. The zero-order chi connectivity index (χ0) is 27.5. The van der Waals surface area contributed by atoms with Crippen molar-refractivity contribution in [3.8, 4) is 11.5 Å². The lowest BCUT2D eigenvalue weighted by atomic mass is 10.1. The zero-order valence-electron chi connectivity index (χ0n) is 22.7. The standard InChI is InChI=1S/C31H32N6O3/c1-3-27(30-33-34-35-37(30)14-13-22-7-5-4-6-8-22)36(18-23-10-12-28-29(16-23)40-20-39-28)19-25-17-24-11-9-21(2)15-26(24)32-31(25)38/h4-12,15-17,27H,3,13-14,18-20H2,1-2H3,(H,32,38)/t27-/m0/s1. The maximum absolute atomic E-state index is 13.2. The molecule has 1 aliphatic rings. The second-order valence-electron chi connectivity index (χ2n) is 10.2. The van der Waals surface area contributed by atoms with E-state index in [4.69, 9.17) is 9.47 Å². The van der Waals surface area contributed by atoms with Crippen LogP contribution in [0.4, 0.5) is 0 Å².